The Bertz CT molecular complexity index is 672. The van der Waals surface area contributed by atoms with Crippen molar-refractivity contribution < 1.29 is 4.92 Å². The van der Waals surface area contributed by atoms with Crippen LogP contribution < -0.4 is 10.6 Å². The lowest BCUT2D eigenvalue weighted by molar-refractivity contribution is -0.384. The highest BCUT2D eigenvalue weighted by atomic mass is 35.5. The van der Waals surface area contributed by atoms with Gasteiger partial charge in [-0.1, -0.05) is 11.6 Å². The number of benzene rings is 1. The van der Waals surface area contributed by atoms with Crippen LogP contribution in [-0.4, -0.2) is 28.0 Å². The Kier molecular flexibility index (Phi) is 3.89. The van der Waals surface area contributed by atoms with Gasteiger partial charge in [0.25, 0.3) is 5.69 Å². The van der Waals surface area contributed by atoms with Crippen molar-refractivity contribution in [3.8, 4) is 0 Å². The van der Waals surface area contributed by atoms with Crippen LogP contribution in [0.25, 0.3) is 11.0 Å². The summed E-state index contributed by atoms with van der Waals surface area (Å²) < 4.78 is 0. The highest BCUT2D eigenvalue weighted by molar-refractivity contribution is 6.33. The predicted molar refractivity (Wildman–Crippen MR) is 79.2 cm³/mol. The molecule has 20 heavy (non-hydrogen) atoms. The summed E-state index contributed by atoms with van der Waals surface area (Å²) >= 11 is 5.85. The van der Waals surface area contributed by atoms with E-state index in [-0.39, 0.29) is 16.5 Å². The number of halogens is 1. The Balaban J connectivity index is 2.67. The van der Waals surface area contributed by atoms with Gasteiger partial charge in [-0.15, -0.1) is 0 Å². The first-order valence-corrected chi connectivity index (χ1v) is 6.51. The summed E-state index contributed by atoms with van der Waals surface area (Å²) in [6, 6.07) is 2.72. The minimum absolute atomic E-state index is 0.0202. The molecule has 0 unspecified atom stereocenters. The third kappa shape index (κ3) is 2.44. The van der Waals surface area contributed by atoms with E-state index in [9.17, 15) is 10.1 Å². The van der Waals surface area contributed by atoms with Gasteiger partial charge in [-0.05, 0) is 19.9 Å². The third-order valence-corrected chi connectivity index (χ3v) is 3.30. The molecule has 0 saturated heterocycles. The van der Waals surface area contributed by atoms with Crippen LogP contribution in [0.5, 0.6) is 0 Å². The van der Waals surface area contributed by atoms with Crippen LogP contribution in [0.3, 0.4) is 0 Å². The van der Waals surface area contributed by atoms with E-state index in [0.717, 1.165) is 13.1 Å². The maximum atomic E-state index is 10.9. The third-order valence-electron chi connectivity index (χ3n) is 3.00. The quantitative estimate of drug-likeness (QED) is 0.687. The molecule has 106 valence electrons. The highest BCUT2D eigenvalue weighted by Gasteiger charge is 2.17. The molecule has 0 aliphatic heterocycles. The molecule has 2 N–H and O–H groups in total. The average molecular weight is 296 g/mol. The number of nitro benzene ring substituents is 1. The van der Waals surface area contributed by atoms with Gasteiger partial charge in [0.15, 0.2) is 11.6 Å². The fourth-order valence-corrected chi connectivity index (χ4v) is 2.19. The molecule has 0 bridgehead atoms. The summed E-state index contributed by atoms with van der Waals surface area (Å²) in [5, 5.41) is 10.9. The number of nitro groups is 1. The van der Waals surface area contributed by atoms with E-state index < -0.39 is 4.92 Å². The van der Waals surface area contributed by atoms with Crippen molar-refractivity contribution in [1.82, 2.24) is 9.97 Å². The van der Waals surface area contributed by atoms with Crippen molar-refractivity contribution in [3.05, 3.63) is 27.3 Å². The molecule has 0 aliphatic rings. The van der Waals surface area contributed by atoms with Crippen LogP contribution >= 0.6 is 11.6 Å². The highest BCUT2D eigenvalue weighted by Crippen LogP contribution is 2.30. The monoisotopic (exact) mass is 295 g/mol. The Morgan fingerprint density at radius 3 is 2.45 bits per heavy atom. The summed E-state index contributed by atoms with van der Waals surface area (Å²) in [4.78, 5) is 20.9. The molecule has 7 nitrogen and oxygen atoms in total. The van der Waals surface area contributed by atoms with Gasteiger partial charge in [-0.3, -0.25) is 10.1 Å². The minimum Gasteiger partial charge on any atom is -0.381 e. The first kappa shape index (κ1) is 14.3. The molecule has 0 saturated carbocycles. The van der Waals surface area contributed by atoms with Crippen molar-refractivity contribution in [2.24, 2.45) is 0 Å². The second-order valence-corrected chi connectivity index (χ2v) is 4.56. The number of nitrogens with zero attached hydrogens (tertiary/aromatic N) is 4. The van der Waals surface area contributed by atoms with E-state index in [1.807, 2.05) is 18.7 Å². The maximum absolute atomic E-state index is 10.9. The lowest BCUT2D eigenvalue weighted by atomic mass is 10.2. The average Bonchev–Trinajstić information content (AvgIpc) is 2.40. The number of hydrogen-bond acceptors (Lipinski definition) is 6. The summed E-state index contributed by atoms with van der Waals surface area (Å²) in [7, 11) is 0. The van der Waals surface area contributed by atoms with E-state index in [1.165, 1.54) is 12.1 Å². The van der Waals surface area contributed by atoms with E-state index in [1.54, 1.807) is 0 Å². The Labute approximate surface area is 120 Å². The largest absolute Gasteiger partial charge is 0.381 e. The minimum atomic E-state index is -0.545. The molecular formula is C12H14ClN5O2. The summed E-state index contributed by atoms with van der Waals surface area (Å²) in [6.07, 6.45) is 0. The van der Waals surface area contributed by atoms with Gasteiger partial charge in [-0.2, -0.15) is 0 Å². The maximum Gasteiger partial charge on any atom is 0.290 e. The Hall–Kier alpha value is -2.15. The first-order chi connectivity index (χ1) is 9.47. The van der Waals surface area contributed by atoms with Crippen LogP contribution in [-0.2, 0) is 0 Å². The summed E-state index contributed by atoms with van der Waals surface area (Å²) in [5.41, 5.74) is 6.54. The van der Waals surface area contributed by atoms with Crippen molar-refractivity contribution in [2.45, 2.75) is 13.8 Å². The van der Waals surface area contributed by atoms with E-state index in [2.05, 4.69) is 9.97 Å². The molecule has 0 fully saturated rings. The lowest BCUT2D eigenvalue weighted by Gasteiger charge is -2.21. The molecule has 1 aromatic heterocycles. The number of aromatic nitrogens is 2. The van der Waals surface area contributed by atoms with Gasteiger partial charge in [0.05, 0.1) is 16.0 Å². The molecule has 0 radical (unpaired) electrons. The topological polar surface area (TPSA) is 98.2 Å². The number of anilines is 2. The van der Waals surface area contributed by atoms with Crippen LogP contribution in [0, 0.1) is 10.1 Å². The van der Waals surface area contributed by atoms with Crippen molar-refractivity contribution >= 4 is 40.0 Å². The first-order valence-electron chi connectivity index (χ1n) is 6.14. The Morgan fingerprint density at radius 1 is 1.30 bits per heavy atom. The van der Waals surface area contributed by atoms with E-state index in [0.29, 0.717) is 16.9 Å². The second kappa shape index (κ2) is 5.46. The van der Waals surface area contributed by atoms with Gasteiger partial charge < -0.3 is 10.6 Å². The van der Waals surface area contributed by atoms with Crippen LogP contribution in [0.15, 0.2) is 12.1 Å². The molecule has 0 amide bonds. The molecule has 2 aromatic rings. The molecule has 0 aliphatic carbocycles. The Morgan fingerprint density at radius 2 is 1.90 bits per heavy atom. The standard InChI is InChI=1S/C12H14ClN5O2/c1-3-17(4-2)12-11(14)15-8-5-7(13)10(18(19)20)6-9(8)16-12/h5-6H,3-4H2,1-2H3,(H2,14,15). The summed E-state index contributed by atoms with van der Waals surface area (Å²) in [5.74, 6) is 0.810. The molecule has 1 heterocycles. The molecule has 1 aromatic carbocycles. The van der Waals surface area contributed by atoms with Gasteiger partial charge in [0.1, 0.15) is 5.02 Å². The number of hydrogen-bond donors (Lipinski definition) is 1. The van der Waals surface area contributed by atoms with Crippen molar-refractivity contribution in [3.63, 3.8) is 0 Å². The zero-order chi connectivity index (χ0) is 14.9. The fraction of sp³-hybridized carbons (Fsp3) is 0.333. The fourth-order valence-electron chi connectivity index (χ4n) is 1.97. The van der Waals surface area contributed by atoms with Crippen LogP contribution in [0.1, 0.15) is 13.8 Å². The molecular weight excluding hydrogens is 282 g/mol. The van der Waals surface area contributed by atoms with Crippen molar-refractivity contribution in [2.75, 3.05) is 23.7 Å². The second-order valence-electron chi connectivity index (χ2n) is 4.15. The number of nitrogen functional groups attached to an aromatic ring is 1. The number of fused-ring (bicyclic) bond motifs is 1. The molecule has 0 spiro atoms. The van der Waals surface area contributed by atoms with E-state index >= 15 is 0 Å². The van der Waals surface area contributed by atoms with Crippen molar-refractivity contribution in [1.29, 1.82) is 0 Å². The molecule has 2 rings (SSSR count). The van der Waals surface area contributed by atoms with Crippen LogP contribution in [0.4, 0.5) is 17.3 Å². The van der Waals surface area contributed by atoms with Gasteiger partial charge >= 0.3 is 0 Å². The van der Waals surface area contributed by atoms with Crippen LogP contribution in [0.2, 0.25) is 5.02 Å². The van der Waals surface area contributed by atoms with Gasteiger partial charge in [0.2, 0.25) is 0 Å². The summed E-state index contributed by atoms with van der Waals surface area (Å²) in [6.45, 7) is 5.38. The lowest BCUT2D eigenvalue weighted by Crippen LogP contribution is -2.24. The smallest absolute Gasteiger partial charge is 0.290 e. The van der Waals surface area contributed by atoms with Gasteiger partial charge in [0, 0.05) is 19.2 Å². The zero-order valence-corrected chi connectivity index (χ0v) is 11.9. The van der Waals surface area contributed by atoms with Gasteiger partial charge in [-0.25, -0.2) is 9.97 Å². The molecule has 0 atom stereocenters. The number of rotatable bonds is 4. The zero-order valence-electron chi connectivity index (χ0n) is 11.1. The molecule has 8 heteroatoms. The predicted octanol–water partition coefficient (Wildman–Crippen LogP) is 2.62. The number of nitrogens with two attached hydrogens (primary N) is 1. The SMILES string of the molecule is CCN(CC)c1nc2cc([N+](=O)[O-])c(Cl)cc2nc1N. The normalized spacial score (nSPS) is 10.8. The van der Waals surface area contributed by atoms with E-state index in [4.69, 9.17) is 17.3 Å².